The maximum atomic E-state index is 12.0. The summed E-state index contributed by atoms with van der Waals surface area (Å²) in [4.78, 5) is 16.1. The van der Waals surface area contributed by atoms with E-state index in [1.807, 2.05) is 19.1 Å². The van der Waals surface area contributed by atoms with Gasteiger partial charge in [0.1, 0.15) is 6.61 Å². The fourth-order valence-electron chi connectivity index (χ4n) is 1.64. The zero-order chi connectivity index (χ0) is 14.7. The quantitative estimate of drug-likeness (QED) is 0.694. The van der Waals surface area contributed by atoms with Crippen LogP contribution in [0.3, 0.4) is 0 Å². The first-order chi connectivity index (χ1) is 9.49. The monoisotopic (exact) mass is 310 g/mol. The summed E-state index contributed by atoms with van der Waals surface area (Å²) in [5, 5.41) is 0.344. The summed E-state index contributed by atoms with van der Waals surface area (Å²) in [5.41, 5.74) is 7.75. The molecule has 0 aliphatic carbocycles. The van der Waals surface area contributed by atoms with Crippen LogP contribution in [0.5, 0.6) is 0 Å². The van der Waals surface area contributed by atoms with Gasteiger partial charge in [-0.2, -0.15) is 0 Å². The Morgan fingerprint density at radius 1 is 1.40 bits per heavy atom. The summed E-state index contributed by atoms with van der Waals surface area (Å²) < 4.78 is 5.19. The minimum atomic E-state index is -0.589. The molecule has 0 aliphatic rings. The van der Waals surface area contributed by atoms with Gasteiger partial charge in [-0.3, -0.25) is 4.98 Å². The number of ether oxygens (including phenoxy) is 1. The number of hydrogen-bond donors (Lipinski definition) is 1. The van der Waals surface area contributed by atoms with E-state index in [1.54, 1.807) is 6.20 Å². The second-order valence-corrected chi connectivity index (χ2v) is 4.99. The lowest BCUT2D eigenvalue weighted by molar-refractivity contribution is 0.0467. The first-order valence-electron chi connectivity index (χ1n) is 5.81. The van der Waals surface area contributed by atoms with Crippen molar-refractivity contribution in [2.45, 2.75) is 13.5 Å². The molecule has 6 heteroatoms. The number of pyridine rings is 1. The van der Waals surface area contributed by atoms with Crippen LogP contribution in [0.15, 0.2) is 30.5 Å². The molecule has 0 amide bonds. The lowest BCUT2D eigenvalue weighted by Crippen LogP contribution is -2.08. The SMILES string of the molecule is Cc1cccnc1COC(=O)c1cc(N)cc(Cl)c1Cl. The molecule has 0 bridgehead atoms. The highest BCUT2D eigenvalue weighted by atomic mass is 35.5. The minimum absolute atomic E-state index is 0.0637. The molecule has 4 nitrogen and oxygen atoms in total. The first kappa shape index (κ1) is 14.6. The largest absolute Gasteiger partial charge is 0.456 e. The van der Waals surface area contributed by atoms with E-state index < -0.39 is 5.97 Å². The van der Waals surface area contributed by atoms with Crippen LogP contribution in [0.1, 0.15) is 21.6 Å². The highest BCUT2D eigenvalue weighted by molar-refractivity contribution is 6.44. The maximum Gasteiger partial charge on any atom is 0.340 e. The number of anilines is 1. The number of nitrogens with two attached hydrogens (primary N) is 1. The molecule has 2 rings (SSSR count). The normalized spacial score (nSPS) is 10.3. The summed E-state index contributed by atoms with van der Waals surface area (Å²) in [6.45, 7) is 1.95. The number of carbonyl (C=O) groups excluding carboxylic acids is 1. The molecule has 1 heterocycles. The Hall–Kier alpha value is -1.78. The average Bonchev–Trinajstić information content (AvgIpc) is 2.41. The maximum absolute atomic E-state index is 12.0. The van der Waals surface area contributed by atoms with Crippen molar-refractivity contribution in [3.05, 3.63) is 57.3 Å². The molecule has 0 aliphatic heterocycles. The number of benzene rings is 1. The zero-order valence-corrected chi connectivity index (χ0v) is 12.2. The number of aromatic nitrogens is 1. The van der Waals surface area contributed by atoms with Crippen molar-refractivity contribution in [1.82, 2.24) is 4.98 Å². The van der Waals surface area contributed by atoms with Gasteiger partial charge in [-0.1, -0.05) is 29.3 Å². The van der Waals surface area contributed by atoms with E-state index in [9.17, 15) is 4.79 Å². The van der Waals surface area contributed by atoms with Crippen molar-refractivity contribution in [3.63, 3.8) is 0 Å². The van der Waals surface area contributed by atoms with Crippen LogP contribution in [0, 0.1) is 6.92 Å². The Balaban J connectivity index is 2.15. The molecule has 0 saturated heterocycles. The van der Waals surface area contributed by atoms with Gasteiger partial charge in [0.05, 0.1) is 21.3 Å². The van der Waals surface area contributed by atoms with Gasteiger partial charge in [-0.15, -0.1) is 0 Å². The van der Waals surface area contributed by atoms with Crippen LogP contribution >= 0.6 is 23.2 Å². The highest BCUT2D eigenvalue weighted by Gasteiger charge is 2.16. The smallest absolute Gasteiger partial charge is 0.340 e. The molecule has 2 N–H and O–H groups in total. The molecule has 0 spiro atoms. The van der Waals surface area contributed by atoms with E-state index >= 15 is 0 Å². The highest BCUT2D eigenvalue weighted by Crippen LogP contribution is 2.29. The third-order valence-corrected chi connectivity index (χ3v) is 3.53. The number of halogens is 2. The number of nitrogen functional groups attached to an aromatic ring is 1. The molecule has 104 valence electrons. The topological polar surface area (TPSA) is 65.2 Å². The van der Waals surface area contributed by atoms with Crippen molar-refractivity contribution < 1.29 is 9.53 Å². The van der Waals surface area contributed by atoms with Gasteiger partial charge in [0.2, 0.25) is 0 Å². The number of rotatable bonds is 3. The van der Waals surface area contributed by atoms with E-state index in [0.717, 1.165) is 5.56 Å². The third-order valence-electron chi connectivity index (χ3n) is 2.73. The number of aryl methyl sites for hydroxylation is 1. The zero-order valence-electron chi connectivity index (χ0n) is 10.7. The minimum Gasteiger partial charge on any atom is -0.456 e. The van der Waals surface area contributed by atoms with Crippen LogP contribution in [0.25, 0.3) is 0 Å². The van der Waals surface area contributed by atoms with E-state index in [0.29, 0.717) is 11.4 Å². The van der Waals surface area contributed by atoms with Crippen molar-refractivity contribution in [3.8, 4) is 0 Å². The first-order valence-corrected chi connectivity index (χ1v) is 6.56. The average molecular weight is 311 g/mol. The number of carbonyl (C=O) groups is 1. The predicted molar refractivity (Wildman–Crippen MR) is 79.0 cm³/mol. The number of nitrogens with zero attached hydrogens (tertiary/aromatic N) is 1. The van der Waals surface area contributed by atoms with Crippen LogP contribution in [-0.4, -0.2) is 11.0 Å². The molecular weight excluding hydrogens is 299 g/mol. The van der Waals surface area contributed by atoms with E-state index in [2.05, 4.69) is 4.98 Å². The van der Waals surface area contributed by atoms with Gasteiger partial charge < -0.3 is 10.5 Å². The second-order valence-electron chi connectivity index (χ2n) is 4.21. The van der Waals surface area contributed by atoms with E-state index in [1.165, 1.54) is 12.1 Å². The van der Waals surface area contributed by atoms with Crippen molar-refractivity contribution in [1.29, 1.82) is 0 Å². The van der Waals surface area contributed by atoms with Gasteiger partial charge >= 0.3 is 5.97 Å². The summed E-state index contributed by atoms with van der Waals surface area (Å²) in [6.07, 6.45) is 1.64. The van der Waals surface area contributed by atoms with Crippen LogP contribution in [-0.2, 0) is 11.3 Å². The molecule has 2 aromatic rings. The Kier molecular flexibility index (Phi) is 4.47. The van der Waals surface area contributed by atoms with Crippen molar-refractivity contribution in [2.24, 2.45) is 0 Å². The van der Waals surface area contributed by atoms with Crippen LogP contribution in [0.4, 0.5) is 5.69 Å². The van der Waals surface area contributed by atoms with Gasteiger partial charge in [-0.05, 0) is 30.7 Å². The van der Waals surface area contributed by atoms with Gasteiger partial charge in [-0.25, -0.2) is 4.79 Å². The molecule has 1 aromatic heterocycles. The van der Waals surface area contributed by atoms with Crippen molar-refractivity contribution in [2.75, 3.05) is 5.73 Å². The van der Waals surface area contributed by atoms with Gasteiger partial charge in [0, 0.05) is 11.9 Å². The Bertz CT molecular complexity index is 660. The molecule has 0 atom stereocenters. The Morgan fingerprint density at radius 3 is 2.85 bits per heavy atom. The van der Waals surface area contributed by atoms with E-state index in [-0.39, 0.29) is 22.2 Å². The predicted octanol–water partition coefficient (Wildman–Crippen LogP) is 3.64. The Labute approximate surface area is 126 Å². The number of esters is 1. The van der Waals surface area contributed by atoms with Gasteiger partial charge in [0.15, 0.2) is 0 Å². The molecular formula is C14H12Cl2N2O2. The molecule has 0 unspecified atom stereocenters. The fourth-order valence-corrected chi connectivity index (χ4v) is 2.05. The molecule has 20 heavy (non-hydrogen) atoms. The number of hydrogen-bond acceptors (Lipinski definition) is 4. The molecule has 0 fully saturated rings. The van der Waals surface area contributed by atoms with Crippen LogP contribution in [0.2, 0.25) is 10.0 Å². The van der Waals surface area contributed by atoms with Crippen molar-refractivity contribution >= 4 is 34.9 Å². The standard InChI is InChI=1S/C14H12Cl2N2O2/c1-8-3-2-4-18-12(8)7-20-14(19)10-5-9(17)6-11(15)13(10)16/h2-6H,7,17H2,1H3. The second kappa shape index (κ2) is 6.11. The molecule has 0 radical (unpaired) electrons. The summed E-state index contributed by atoms with van der Waals surface area (Å²) in [6, 6.07) is 6.61. The molecule has 0 saturated carbocycles. The summed E-state index contributed by atoms with van der Waals surface area (Å²) in [5.74, 6) is -0.589. The summed E-state index contributed by atoms with van der Waals surface area (Å²) >= 11 is 11.8. The lowest BCUT2D eigenvalue weighted by Gasteiger charge is -2.09. The third kappa shape index (κ3) is 3.21. The van der Waals surface area contributed by atoms with Gasteiger partial charge in [0.25, 0.3) is 0 Å². The summed E-state index contributed by atoms with van der Waals surface area (Å²) in [7, 11) is 0. The lowest BCUT2D eigenvalue weighted by atomic mass is 10.2. The Morgan fingerprint density at radius 2 is 2.15 bits per heavy atom. The van der Waals surface area contributed by atoms with Crippen LogP contribution < -0.4 is 5.73 Å². The molecule has 1 aromatic carbocycles. The van der Waals surface area contributed by atoms with E-state index in [4.69, 9.17) is 33.7 Å². The fraction of sp³-hybridized carbons (Fsp3) is 0.143.